The van der Waals surface area contributed by atoms with E-state index in [2.05, 4.69) is 10.6 Å². The van der Waals surface area contributed by atoms with Gasteiger partial charge in [-0.25, -0.2) is 12.7 Å². The van der Waals surface area contributed by atoms with Gasteiger partial charge in [-0.2, -0.15) is 0 Å². The molecule has 1 amide bonds. The maximum Gasteiger partial charge on any atom is 0.242 e. The van der Waals surface area contributed by atoms with E-state index in [4.69, 9.17) is 0 Å². The Morgan fingerprint density at radius 3 is 2.38 bits per heavy atom. The van der Waals surface area contributed by atoms with Crippen LogP contribution >= 0.6 is 0 Å². The van der Waals surface area contributed by atoms with Crippen molar-refractivity contribution in [3.8, 4) is 0 Å². The lowest BCUT2D eigenvalue weighted by Crippen LogP contribution is -2.41. The Kier molecular flexibility index (Phi) is 5.49. The third-order valence-electron chi connectivity index (χ3n) is 2.68. The molecule has 6 nitrogen and oxygen atoms in total. The van der Waals surface area contributed by atoms with Gasteiger partial charge in [-0.1, -0.05) is 6.07 Å². The monoisotopic (exact) mass is 313 g/mol. The van der Waals surface area contributed by atoms with Crippen molar-refractivity contribution in [1.29, 1.82) is 0 Å². The minimum atomic E-state index is -3.50. The summed E-state index contributed by atoms with van der Waals surface area (Å²) in [4.78, 5) is 12.0. The second-order valence-electron chi connectivity index (χ2n) is 5.97. The Labute approximate surface area is 126 Å². The minimum absolute atomic E-state index is 0.147. The molecule has 118 valence electrons. The van der Waals surface area contributed by atoms with Crippen LogP contribution in [0.3, 0.4) is 0 Å². The maximum absolute atomic E-state index is 12.0. The van der Waals surface area contributed by atoms with Crippen molar-refractivity contribution in [2.45, 2.75) is 31.2 Å². The number of carbonyl (C=O) groups excluding carboxylic acids is 1. The number of amides is 1. The fourth-order valence-electron chi connectivity index (χ4n) is 1.50. The summed E-state index contributed by atoms with van der Waals surface area (Å²) < 4.78 is 25.2. The molecule has 0 heterocycles. The van der Waals surface area contributed by atoms with Gasteiger partial charge in [0.15, 0.2) is 0 Å². The van der Waals surface area contributed by atoms with Crippen LogP contribution in [0.1, 0.15) is 20.8 Å². The second-order valence-corrected chi connectivity index (χ2v) is 8.12. The standard InChI is InChI=1S/C14H23N3O3S/c1-14(2,3)15-10-13(18)16-11-7-6-8-12(9-11)21(19,20)17(4)5/h6-9,15H,10H2,1-5H3,(H,16,18). The molecule has 0 aliphatic heterocycles. The largest absolute Gasteiger partial charge is 0.325 e. The van der Waals surface area contributed by atoms with E-state index in [0.717, 1.165) is 4.31 Å². The molecular formula is C14H23N3O3S. The molecule has 0 saturated carbocycles. The van der Waals surface area contributed by atoms with Gasteiger partial charge in [0.1, 0.15) is 0 Å². The number of hydrogen-bond acceptors (Lipinski definition) is 4. The average Bonchev–Trinajstić information content (AvgIpc) is 2.35. The van der Waals surface area contributed by atoms with E-state index in [1.807, 2.05) is 20.8 Å². The van der Waals surface area contributed by atoms with Crippen LogP contribution in [0, 0.1) is 0 Å². The summed E-state index contributed by atoms with van der Waals surface area (Å²) in [6.45, 7) is 6.05. The lowest BCUT2D eigenvalue weighted by Gasteiger charge is -2.20. The Bertz CT molecular complexity index is 604. The second kappa shape index (κ2) is 6.55. The molecule has 2 N–H and O–H groups in total. The molecule has 0 aliphatic carbocycles. The van der Waals surface area contributed by atoms with Crippen LogP contribution in [0.2, 0.25) is 0 Å². The lowest BCUT2D eigenvalue weighted by molar-refractivity contribution is -0.115. The highest BCUT2D eigenvalue weighted by molar-refractivity contribution is 7.89. The predicted molar refractivity (Wildman–Crippen MR) is 83.7 cm³/mol. The Hall–Kier alpha value is -1.44. The summed E-state index contributed by atoms with van der Waals surface area (Å²) in [6.07, 6.45) is 0. The normalized spacial score (nSPS) is 12.5. The highest BCUT2D eigenvalue weighted by atomic mass is 32.2. The van der Waals surface area contributed by atoms with Crippen LogP contribution in [-0.4, -0.2) is 44.8 Å². The molecule has 0 aromatic heterocycles. The molecule has 0 spiro atoms. The summed E-state index contributed by atoms with van der Waals surface area (Å²) >= 11 is 0. The van der Waals surface area contributed by atoms with Crippen molar-refractivity contribution in [2.75, 3.05) is 26.0 Å². The van der Waals surface area contributed by atoms with Crippen LogP contribution in [-0.2, 0) is 14.8 Å². The first kappa shape index (κ1) is 17.6. The highest BCUT2D eigenvalue weighted by Crippen LogP contribution is 2.17. The summed E-state index contributed by atoms with van der Waals surface area (Å²) in [5, 5.41) is 5.75. The van der Waals surface area contributed by atoms with Crippen molar-refractivity contribution in [1.82, 2.24) is 9.62 Å². The molecule has 1 aromatic carbocycles. The number of nitrogens with zero attached hydrogens (tertiary/aromatic N) is 1. The zero-order chi connectivity index (χ0) is 16.3. The van der Waals surface area contributed by atoms with Gasteiger partial charge in [0.25, 0.3) is 0 Å². The molecule has 0 fully saturated rings. The van der Waals surface area contributed by atoms with Gasteiger partial charge in [-0.05, 0) is 39.0 Å². The molecule has 0 atom stereocenters. The summed E-state index contributed by atoms with van der Waals surface area (Å²) in [7, 11) is -0.572. The van der Waals surface area contributed by atoms with E-state index in [1.54, 1.807) is 12.1 Å². The number of carbonyl (C=O) groups is 1. The van der Waals surface area contributed by atoms with Crippen LogP contribution in [0.5, 0.6) is 0 Å². The van der Waals surface area contributed by atoms with Gasteiger partial charge < -0.3 is 10.6 Å². The van der Waals surface area contributed by atoms with E-state index >= 15 is 0 Å². The molecule has 0 unspecified atom stereocenters. The Morgan fingerprint density at radius 1 is 1.24 bits per heavy atom. The van der Waals surface area contributed by atoms with E-state index in [0.29, 0.717) is 5.69 Å². The maximum atomic E-state index is 12.0. The molecular weight excluding hydrogens is 290 g/mol. The molecule has 0 saturated heterocycles. The summed E-state index contributed by atoms with van der Waals surface area (Å²) in [5.74, 6) is -0.218. The first-order valence-electron chi connectivity index (χ1n) is 6.60. The van der Waals surface area contributed by atoms with Crippen molar-refractivity contribution in [2.24, 2.45) is 0 Å². The van der Waals surface area contributed by atoms with Crippen LogP contribution < -0.4 is 10.6 Å². The van der Waals surface area contributed by atoms with E-state index in [1.165, 1.54) is 26.2 Å². The average molecular weight is 313 g/mol. The first-order valence-corrected chi connectivity index (χ1v) is 8.04. The zero-order valence-electron chi connectivity index (χ0n) is 13.1. The summed E-state index contributed by atoms with van der Waals surface area (Å²) in [6, 6.07) is 6.20. The molecule has 0 radical (unpaired) electrons. The highest BCUT2D eigenvalue weighted by Gasteiger charge is 2.18. The number of hydrogen-bond donors (Lipinski definition) is 2. The van der Waals surface area contributed by atoms with Crippen molar-refractivity contribution in [3.63, 3.8) is 0 Å². The van der Waals surface area contributed by atoms with E-state index in [9.17, 15) is 13.2 Å². The van der Waals surface area contributed by atoms with Crippen molar-refractivity contribution in [3.05, 3.63) is 24.3 Å². The van der Waals surface area contributed by atoms with E-state index in [-0.39, 0.29) is 22.9 Å². The number of rotatable bonds is 5. The smallest absolute Gasteiger partial charge is 0.242 e. The molecule has 21 heavy (non-hydrogen) atoms. The van der Waals surface area contributed by atoms with Crippen LogP contribution in [0.15, 0.2) is 29.2 Å². The van der Waals surface area contributed by atoms with Crippen LogP contribution in [0.25, 0.3) is 0 Å². The molecule has 0 bridgehead atoms. The topological polar surface area (TPSA) is 78.5 Å². The van der Waals surface area contributed by atoms with Gasteiger partial charge in [0.05, 0.1) is 11.4 Å². The molecule has 1 aromatic rings. The number of benzene rings is 1. The number of anilines is 1. The SMILES string of the molecule is CN(C)S(=O)(=O)c1cccc(NC(=O)CNC(C)(C)C)c1. The van der Waals surface area contributed by atoms with Gasteiger partial charge in [-0.3, -0.25) is 4.79 Å². The van der Waals surface area contributed by atoms with Crippen molar-refractivity contribution >= 4 is 21.6 Å². The number of sulfonamides is 1. The van der Waals surface area contributed by atoms with Crippen molar-refractivity contribution < 1.29 is 13.2 Å². The quantitative estimate of drug-likeness (QED) is 0.858. The summed E-state index contributed by atoms with van der Waals surface area (Å²) in [5.41, 5.74) is 0.298. The minimum Gasteiger partial charge on any atom is -0.325 e. The molecule has 0 aliphatic rings. The van der Waals surface area contributed by atoms with Gasteiger partial charge in [0, 0.05) is 25.3 Å². The van der Waals surface area contributed by atoms with Gasteiger partial charge >= 0.3 is 0 Å². The Morgan fingerprint density at radius 2 is 1.86 bits per heavy atom. The third kappa shape index (κ3) is 5.45. The lowest BCUT2D eigenvalue weighted by atomic mass is 10.1. The first-order chi connectivity index (χ1) is 9.52. The van der Waals surface area contributed by atoms with Gasteiger partial charge in [-0.15, -0.1) is 0 Å². The molecule has 7 heteroatoms. The predicted octanol–water partition coefficient (Wildman–Crippen LogP) is 1.26. The van der Waals surface area contributed by atoms with Crippen LogP contribution in [0.4, 0.5) is 5.69 Å². The zero-order valence-corrected chi connectivity index (χ0v) is 13.9. The third-order valence-corrected chi connectivity index (χ3v) is 4.49. The fraction of sp³-hybridized carbons (Fsp3) is 0.500. The van der Waals surface area contributed by atoms with Gasteiger partial charge in [0.2, 0.25) is 15.9 Å². The number of nitrogens with one attached hydrogen (secondary N) is 2. The van der Waals surface area contributed by atoms with E-state index < -0.39 is 10.0 Å². The fourth-order valence-corrected chi connectivity index (χ4v) is 2.44. The Balaban J connectivity index is 2.81. The molecule has 1 rings (SSSR count).